The first-order valence-corrected chi connectivity index (χ1v) is 14.4. The highest BCUT2D eigenvalue weighted by atomic mass is 31.2. The summed E-state index contributed by atoms with van der Waals surface area (Å²) in [5.74, 6) is -4.52. The lowest BCUT2D eigenvalue weighted by atomic mass is 9.95. The Labute approximate surface area is 235 Å². The lowest BCUT2D eigenvalue weighted by Gasteiger charge is -2.30. The lowest BCUT2D eigenvalue weighted by Crippen LogP contribution is -2.49. The van der Waals surface area contributed by atoms with E-state index in [1.807, 2.05) is 0 Å². The molecule has 3 N–H and O–H groups in total. The van der Waals surface area contributed by atoms with Crippen molar-refractivity contribution >= 4 is 19.6 Å². The molecule has 1 aromatic rings. The molecule has 2 aliphatic rings. The van der Waals surface area contributed by atoms with Crippen LogP contribution in [0.25, 0.3) is 0 Å². The van der Waals surface area contributed by atoms with E-state index in [1.165, 1.54) is 13.8 Å². The van der Waals surface area contributed by atoms with Gasteiger partial charge in [0.05, 0.1) is 12.2 Å². The Balaban J connectivity index is 1.90. The highest BCUT2D eigenvalue weighted by Crippen LogP contribution is 2.53. The number of alkyl halides is 1. The predicted octanol–water partition coefficient (Wildman–Crippen LogP) is 1.01. The minimum absolute atomic E-state index is 0.364. The molecular weight excluding hydrogens is 570 g/mol. The van der Waals surface area contributed by atoms with Crippen molar-refractivity contribution in [2.75, 3.05) is 13.4 Å². The number of aromatic nitrogens is 2. The maximum absolute atomic E-state index is 16.5. The quantitative estimate of drug-likeness (QED) is 0.164. The zero-order valence-corrected chi connectivity index (χ0v) is 24.5. The number of hydrogen-bond donors (Lipinski definition) is 3. The van der Waals surface area contributed by atoms with E-state index in [0.717, 1.165) is 22.9 Å². The molecule has 0 saturated carbocycles. The van der Waals surface area contributed by atoms with E-state index in [0.29, 0.717) is 0 Å². The Bertz CT molecular complexity index is 1300. The molecule has 41 heavy (non-hydrogen) atoms. The summed E-state index contributed by atoms with van der Waals surface area (Å²) in [5.41, 5.74) is -3.16. The van der Waals surface area contributed by atoms with Gasteiger partial charge in [-0.2, -0.15) is 0 Å². The zero-order valence-electron chi connectivity index (χ0n) is 23.6. The third kappa shape index (κ3) is 7.38. The molecule has 2 saturated heterocycles. The molecule has 7 atom stereocenters. The first-order valence-electron chi connectivity index (χ1n) is 12.8. The number of H-pyrrole nitrogens is 1. The van der Waals surface area contributed by atoms with E-state index < -0.39 is 85.5 Å². The van der Waals surface area contributed by atoms with Crippen LogP contribution in [0.2, 0.25) is 0 Å². The summed E-state index contributed by atoms with van der Waals surface area (Å²) in [6, 6.07) is -1.60. The average molecular weight is 607 g/mol. The van der Waals surface area contributed by atoms with Gasteiger partial charge in [-0.3, -0.25) is 28.2 Å². The van der Waals surface area contributed by atoms with E-state index in [2.05, 4.69) is 21.7 Å². The van der Waals surface area contributed by atoms with Crippen LogP contribution in [-0.2, 0) is 42.4 Å². The monoisotopic (exact) mass is 606 g/mol. The van der Waals surface area contributed by atoms with E-state index in [9.17, 15) is 23.7 Å². The average Bonchev–Trinajstić information content (AvgIpc) is 3.36. The van der Waals surface area contributed by atoms with Gasteiger partial charge in [-0.25, -0.2) is 24.2 Å². The van der Waals surface area contributed by atoms with Gasteiger partial charge < -0.3 is 23.7 Å². The summed E-state index contributed by atoms with van der Waals surface area (Å²) < 4.78 is 63.8. The van der Waals surface area contributed by atoms with E-state index in [-0.39, 0.29) is 6.79 Å². The van der Waals surface area contributed by atoms with Gasteiger partial charge in [0.15, 0.2) is 12.3 Å². The van der Waals surface area contributed by atoms with E-state index >= 15 is 4.39 Å². The first kappa shape index (κ1) is 32.8. The van der Waals surface area contributed by atoms with Crippen LogP contribution in [0.5, 0.6) is 0 Å². The molecule has 2 aliphatic heterocycles. The number of rotatable bonds is 13. The van der Waals surface area contributed by atoms with Crippen molar-refractivity contribution in [2.45, 2.75) is 89.6 Å². The second-order valence-corrected chi connectivity index (χ2v) is 12.1. The molecule has 17 heteroatoms. The number of halogens is 1. The van der Waals surface area contributed by atoms with Crippen LogP contribution in [-0.4, -0.2) is 76.7 Å². The van der Waals surface area contributed by atoms with Gasteiger partial charge in [0, 0.05) is 12.3 Å². The van der Waals surface area contributed by atoms with Crippen LogP contribution in [0.15, 0.2) is 34.5 Å². The fourth-order valence-electron chi connectivity index (χ4n) is 4.27. The second kappa shape index (κ2) is 12.7. The van der Waals surface area contributed by atoms with Crippen molar-refractivity contribution in [1.29, 1.82) is 0 Å². The summed E-state index contributed by atoms with van der Waals surface area (Å²) >= 11 is 0. The van der Waals surface area contributed by atoms with Gasteiger partial charge in [-0.1, -0.05) is 6.08 Å². The number of aromatic amines is 1. The highest BCUT2D eigenvalue weighted by molar-refractivity contribution is 7.54. The van der Waals surface area contributed by atoms with Gasteiger partial charge in [0.1, 0.15) is 31.1 Å². The molecule has 0 radical (unpaired) electrons. The molecule has 0 bridgehead atoms. The predicted molar refractivity (Wildman–Crippen MR) is 140 cm³/mol. The van der Waals surface area contributed by atoms with E-state index in [1.54, 1.807) is 27.7 Å². The maximum Gasteiger partial charge on any atom is 0.342 e. The number of nitrogens with zero attached hydrogens (tertiary/aromatic N) is 1. The fourth-order valence-corrected chi connectivity index (χ4v) is 6.04. The molecule has 1 unspecified atom stereocenters. The Morgan fingerprint density at radius 3 is 2.44 bits per heavy atom. The second-order valence-electron chi connectivity index (χ2n) is 10.3. The minimum atomic E-state index is -4.51. The summed E-state index contributed by atoms with van der Waals surface area (Å²) in [5, 5.41) is 4.87. The Hall–Kier alpha value is -2.72. The maximum atomic E-state index is 16.5. The van der Waals surface area contributed by atoms with Crippen molar-refractivity contribution in [3.8, 4) is 0 Å². The number of fused-ring (bicyclic) bond motifs is 1. The Morgan fingerprint density at radius 2 is 1.85 bits per heavy atom. The molecular formula is C24H36FN4O11P. The van der Waals surface area contributed by atoms with Crippen LogP contribution in [0, 0.1) is 0 Å². The summed E-state index contributed by atoms with van der Waals surface area (Å²) in [6.45, 7) is 11.3. The largest absolute Gasteiger partial charge is 0.462 e. The molecule has 0 spiro atoms. The van der Waals surface area contributed by atoms with Gasteiger partial charge in [-0.05, 0) is 41.5 Å². The minimum Gasteiger partial charge on any atom is -0.462 e. The van der Waals surface area contributed by atoms with Gasteiger partial charge >= 0.3 is 25.3 Å². The third-order valence-electron chi connectivity index (χ3n) is 6.08. The standard InChI is InChI=1S/C24H36FN4O11P/c1-8-16(19(32)39-14(4)5)28-41(34,27-15(6)18(31)38-13(2)3)37-11-24(25)20-23(7,36-12-35-20)21(40-24)29-10-9-17(30)26-22(29)33/h8-10,13-16,20-21H,1,11-12H2,2-7H3,(H,26,30,33)(H2,27,28,34)/t15-,16-,20-,21+,23+,24+,41?/m0/s1. The number of esters is 2. The Morgan fingerprint density at radius 1 is 1.22 bits per heavy atom. The number of hydrogen-bond acceptors (Lipinski definition) is 11. The first-order chi connectivity index (χ1) is 19.0. The van der Waals surface area contributed by atoms with Gasteiger partial charge in [0.2, 0.25) is 0 Å². The van der Waals surface area contributed by atoms with Gasteiger partial charge in [-0.15, -0.1) is 6.58 Å². The SMILES string of the molecule is C=C[C@H](NP(=O)(N[C@@H](C)C(=O)OC(C)C)OC[C@@]1(F)O[C@@H](n2ccc(=O)[nH]c2=O)[C@]2(C)OCO[C@@H]21)C(=O)OC(C)C. The van der Waals surface area contributed by atoms with Crippen molar-refractivity contribution in [1.82, 2.24) is 19.7 Å². The van der Waals surface area contributed by atoms with Crippen LogP contribution < -0.4 is 21.4 Å². The Kier molecular flexibility index (Phi) is 10.1. The number of carbonyl (C=O) groups is 2. The third-order valence-corrected chi connectivity index (χ3v) is 7.92. The molecule has 3 heterocycles. The smallest absolute Gasteiger partial charge is 0.342 e. The molecule has 0 aliphatic carbocycles. The molecule has 0 amide bonds. The van der Waals surface area contributed by atoms with Crippen LogP contribution in [0.1, 0.15) is 47.8 Å². The zero-order chi connectivity index (χ0) is 30.8. The van der Waals surface area contributed by atoms with Crippen molar-refractivity contribution < 1.29 is 46.8 Å². The van der Waals surface area contributed by atoms with E-state index in [4.69, 9.17) is 28.2 Å². The number of carbonyl (C=O) groups excluding carboxylic acids is 2. The normalized spacial score (nSPS) is 28.6. The summed E-state index contributed by atoms with van der Waals surface area (Å²) in [7, 11) is -4.51. The topological polar surface area (TPSA) is 186 Å². The molecule has 3 rings (SSSR count). The number of ether oxygens (including phenoxy) is 5. The summed E-state index contributed by atoms with van der Waals surface area (Å²) in [6.07, 6.45) is -1.74. The van der Waals surface area contributed by atoms with Crippen LogP contribution in [0.3, 0.4) is 0 Å². The van der Waals surface area contributed by atoms with Crippen molar-refractivity contribution in [3.05, 3.63) is 45.8 Å². The lowest BCUT2D eigenvalue weighted by molar-refractivity contribution is -0.227. The highest BCUT2D eigenvalue weighted by Gasteiger charge is 2.68. The molecule has 1 aromatic heterocycles. The van der Waals surface area contributed by atoms with Crippen molar-refractivity contribution in [3.63, 3.8) is 0 Å². The molecule has 15 nitrogen and oxygen atoms in total. The van der Waals surface area contributed by atoms with Gasteiger partial charge in [0.25, 0.3) is 11.4 Å². The van der Waals surface area contributed by atoms with Crippen LogP contribution >= 0.6 is 7.67 Å². The molecule has 0 aromatic carbocycles. The van der Waals surface area contributed by atoms with Crippen molar-refractivity contribution in [2.24, 2.45) is 0 Å². The fraction of sp³-hybridized carbons (Fsp3) is 0.667. The molecule has 2 fully saturated rings. The molecule has 230 valence electrons. The van der Waals surface area contributed by atoms with Crippen LogP contribution in [0.4, 0.5) is 4.39 Å². The number of nitrogens with one attached hydrogen (secondary N) is 3. The summed E-state index contributed by atoms with van der Waals surface area (Å²) in [4.78, 5) is 51.1.